The van der Waals surface area contributed by atoms with Gasteiger partial charge in [-0.3, -0.25) is 4.79 Å². The van der Waals surface area contributed by atoms with E-state index in [2.05, 4.69) is 10.1 Å². The molecule has 1 atom stereocenters. The molecule has 1 aliphatic carbocycles. The number of amides is 1. The highest BCUT2D eigenvalue weighted by Gasteiger charge is 2.38. The normalized spacial score (nSPS) is 19.6. The van der Waals surface area contributed by atoms with Crippen molar-refractivity contribution in [3.8, 4) is 0 Å². The summed E-state index contributed by atoms with van der Waals surface area (Å²) in [4.78, 5) is 19.3. The minimum absolute atomic E-state index is 0.000463. The Bertz CT molecular complexity index is 1130. The highest BCUT2D eigenvalue weighted by atomic mass is 19.4. The fraction of sp³-hybridized carbons (Fsp3) is 0.409. The average Bonchev–Trinajstić information content (AvgIpc) is 3.27. The molecule has 0 bridgehead atoms. The van der Waals surface area contributed by atoms with E-state index in [1.54, 1.807) is 4.90 Å². The van der Waals surface area contributed by atoms with Crippen LogP contribution in [-0.2, 0) is 6.18 Å². The summed E-state index contributed by atoms with van der Waals surface area (Å²) in [6, 6.07) is 10.3. The van der Waals surface area contributed by atoms with Crippen molar-refractivity contribution in [3.05, 3.63) is 64.6 Å². The first-order chi connectivity index (χ1) is 14.3. The van der Waals surface area contributed by atoms with E-state index in [1.165, 1.54) is 6.07 Å². The molecular formula is C22H21F3N4O. The van der Waals surface area contributed by atoms with Gasteiger partial charge in [0.05, 0.1) is 6.04 Å². The Morgan fingerprint density at radius 3 is 2.63 bits per heavy atom. The molecular weight excluding hydrogens is 393 g/mol. The quantitative estimate of drug-likeness (QED) is 0.612. The van der Waals surface area contributed by atoms with Gasteiger partial charge in [0.15, 0.2) is 11.3 Å². The van der Waals surface area contributed by atoms with Crippen molar-refractivity contribution >= 4 is 11.6 Å². The lowest BCUT2D eigenvalue weighted by Gasteiger charge is -2.24. The molecule has 1 aliphatic heterocycles. The number of hydrogen-bond acceptors (Lipinski definition) is 3. The highest BCUT2D eigenvalue weighted by molar-refractivity contribution is 5.93. The van der Waals surface area contributed by atoms with E-state index < -0.39 is 11.9 Å². The summed E-state index contributed by atoms with van der Waals surface area (Å²) in [6.07, 6.45) is -1.23. The van der Waals surface area contributed by atoms with Crippen LogP contribution in [0.25, 0.3) is 5.65 Å². The van der Waals surface area contributed by atoms with Crippen LogP contribution in [0.1, 0.15) is 70.6 Å². The number of nitrogens with zero attached hydrogens (tertiary/aromatic N) is 4. The minimum atomic E-state index is -4.57. The largest absolute Gasteiger partial charge is 0.433 e. The molecule has 0 N–H and O–H groups in total. The predicted molar refractivity (Wildman–Crippen MR) is 104 cm³/mol. The SMILES string of the molecule is Cc1cccc([C@@H]2CCCN2C(=O)c2cc3nc(C4CC4)cc(C(F)(F)F)n3n2)c1. The molecule has 2 aromatic heterocycles. The van der Waals surface area contributed by atoms with Crippen LogP contribution in [0.5, 0.6) is 0 Å². The summed E-state index contributed by atoms with van der Waals surface area (Å²) in [5.41, 5.74) is 1.75. The molecule has 2 fully saturated rings. The van der Waals surface area contributed by atoms with Crippen LogP contribution in [0.15, 0.2) is 36.4 Å². The first-order valence-electron chi connectivity index (χ1n) is 10.2. The monoisotopic (exact) mass is 414 g/mol. The molecule has 156 valence electrons. The van der Waals surface area contributed by atoms with Gasteiger partial charge in [-0.1, -0.05) is 29.8 Å². The van der Waals surface area contributed by atoms with Gasteiger partial charge in [-0.15, -0.1) is 0 Å². The van der Waals surface area contributed by atoms with Crippen LogP contribution in [0, 0.1) is 6.92 Å². The first kappa shape index (κ1) is 19.1. The number of rotatable bonds is 3. The number of hydrogen-bond donors (Lipinski definition) is 0. The van der Waals surface area contributed by atoms with E-state index in [9.17, 15) is 18.0 Å². The van der Waals surface area contributed by atoms with Crippen molar-refractivity contribution in [3.63, 3.8) is 0 Å². The molecule has 30 heavy (non-hydrogen) atoms. The Hall–Kier alpha value is -2.90. The molecule has 1 aromatic carbocycles. The van der Waals surface area contributed by atoms with Crippen LogP contribution in [0.2, 0.25) is 0 Å². The second-order valence-corrected chi connectivity index (χ2v) is 8.21. The van der Waals surface area contributed by atoms with Gasteiger partial charge >= 0.3 is 6.18 Å². The lowest BCUT2D eigenvalue weighted by molar-refractivity contribution is -0.142. The fourth-order valence-corrected chi connectivity index (χ4v) is 4.27. The maximum atomic E-state index is 13.6. The molecule has 0 spiro atoms. The third-order valence-electron chi connectivity index (χ3n) is 5.89. The average molecular weight is 414 g/mol. The van der Waals surface area contributed by atoms with E-state index in [0.717, 1.165) is 47.4 Å². The topological polar surface area (TPSA) is 50.5 Å². The molecule has 3 heterocycles. The number of likely N-dealkylation sites (tertiary alicyclic amines) is 1. The van der Waals surface area contributed by atoms with E-state index in [1.807, 2.05) is 31.2 Å². The van der Waals surface area contributed by atoms with Gasteiger partial charge in [-0.2, -0.15) is 18.3 Å². The van der Waals surface area contributed by atoms with Gasteiger partial charge in [-0.05, 0) is 44.2 Å². The lowest BCUT2D eigenvalue weighted by Crippen LogP contribution is -2.31. The maximum Gasteiger partial charge on any atom is 0.433 e. The summed E-state index contributed by atoms with van der Waals surface area (Å²) in [5, 5.41) is 4.03. The zero-order valence-electron chi connectivity index (χ0n) is 16.5. The van der Waals surface area contributed by atoms with Gasteiger partial charge in [0.1, 0.15) is 5.69 Å². The molecule has 2 aliphatic rings. The Morgan fingerprint density at radius 2 is 1.93 bits per heavy atom. The second-order valence-electron chi connectivity index (χ2n) is 8.21. The molecule has 0 unspecified atom stereocenters. The van der Waals surface area contributed by atoms with Crippen molar-refractivity contribution in [1.29, 1.82) is 0 Å². The number of aromatic nitrogens is 3. The summed E-state index contributed by atoms with van der Waals surface area (Å²) < 4.78 is 41.7. The summed E-state index contributed by atoms with van der Waals surface area (Å²) in [5.74, 6) is -0.292. The maximum absolute atomic E-state index is 13.6. The number of benzene rings is 1. The summed E-state index contributed by atoms with van der Waals surface area (Å²) in [6.45, 7) is 2.55. The van der Waals surface area contributed by atoms with Gasteiger partial charge < -0.3 is 4.90 Å². The van der Waals surface area contributed by atoms with E-state index in [-0.39, 0.29) is 29.2 Å². The number of fused-ring (bicyclic) bond motifs is 1. The number of halogens is 3. The van der Waals surface area contributed by atoms with Crippen LogP contribution in [0.3, 0.4) is 0 Å². The third kappa shape index (κ3) is 3.34. The van der Waals surface area contributed by atoms with Gasteiger partial charge in [0, 0.05) is 24.2 Å². The molecule has 1 amide bonds. The van der Waals surface area contributed by atoms with Crippen molar-refractivity contribution in [1.82, 2.24) is 19.5 Å². The smallest absolute Gasteiger partial charge is 0.330 e. The van der Waals surface area contributed by atoms with Crippen LogP contribution in [0.4, 0.5) is 13.2 Å². The summed E-state index contributed by atoms with van der Waals surface area (Å²) >= 11 is 0. The van der Waals surface area contributed by atoms with E-state index >= 15 is 0 Å². The molecule has 1 saturated heterocycles. The second kappa shape index (κ2) is 6.82. The van der Waals surface area contributed by atoms with Crippen molar-refractivity contribution in [2.24, 2.45) is 0 Å². The van der Waals surface area contributed by atoms with Crippen LogP contribution >= 0.6 is 0 Å². The summed E-state index contributed by atoms with van der Waals surface area (Å²) in [7, 11) is 0. The Kier molecular flexibility index (Phi) is 4.34. The van der Waals surface area contributed by atoms with Crippen molar-refractivity contribution in [2.45, 2.75) is 50.7 Å². The molecule has 0 radical (unpaired) electrons. The Balaban J connectivity index is 1.53. The number of carbonyl (C=O) groups excluding carboxylic acids is 1. The fourth-order valence-electron chi connectivity index (χ4n) is 4.27. The molecule has 5 rings (SSSR count). The van der Waals surface area contributed by atoms with Gasteiger partial charge in [-0.25, -0.2) is 9.50 Å². The zero-order valence-corrected chi connectivity index (χ0v) is 16.5. The molecule has 8 heteroatoms. The van der Waals surface area contributed by atoms with E-state index in [0.29, 0.717) is 12.2 Å². The Labute approximate surface area is 171 Å². The highest BCUT2D eigenvalue weighted by Crippen LogP contribution is 2.41. The first-order valence-corrected chi connectivity index (χ1v) is 10.2. The number of carbonyl (C=O) groups is 1. The molecule has 3 aromatic rings. The zero-order chi connectivity index (χ0) is 21.0. The van der Waals surface area contributed by atoms with Crippen LogP contribution < -0.4 is 0 Å². The predicted octanol–water partition coefficient (Wildman–Crippen LogP) is 4.91. The van der Waals surface area contributed by atoms with Crippen molar-refractivity contribution < 1.29 is 18.0 Å². The van der Waals surface area contributed by atoms with Crippen molar-refractivity contribution in [2.75, 3.05) is 6.54 Å². The van der Waals surface area contributed by atoms with Crippen LogP contribution in [-0.4, -0.2) is 31.9 Å². The minimum Gasteiger partial charge on any atom is -0.330 e. The van der Waals surface area contributed by atoms with Gasteiger partial charge in [0.2, 0.25) is 0 Å². The van der Waals surface area contributed by atoms with Gasteiger partial charge in [0.25, 0.3) is 5.91 Å². The molecule has 1 saturated carbocycles. The Morgan fingerprint density at radius 1 is 1.13 bits per heavy atom. The number of aryl methyl sites for hydroxylation is 1. The number of alkyl halides is 3. The lowest BCUT2D eigenvalue weighted by atomic mass is 10.0. The third-order valence-corrected chi connectivity index (χ3v) is 5.89. The standard InChI is InChI=1S/C22H21F3N4O/c1-13-4-2-5-15(10-13)18-6-3-9-28(18)21(30)17-12-20-26-16(14-7-8-14)11-19(22(23,24)25)29(20)27-17/h2,4-5,10-12,14,18H,3,6-9H2,1H3/t18-/m0/s1. The van der Waals surface area contributed by atoms with E-state index in [4.69, 9.17) is 0 Å². The molecule has 5 nitrogen and oxygen atoms in total.